The van der Waals surface area contributed by atoms with Crippen molar-refractivity contribution in [2.45, 2.75) is 20.8 Å². The summed E-state index contributed by atoms with van der Waals surface area (Å²) in [7, 11) is 0. The van der Waals surface area contributed by atoms with Crippen LogP contribution in [0.15, 0.2) is 42.6 Å². The lowest BCUT2D eigenvalue weighted by atomic mass is 9.92. The highest BCUT2D eigenvalue weighted by atomic mass is 14.7. The first-order valence-electron chi connectivity index (χ1n) is 6.32. The molecule has 3 rings (SSSR count). The molecule has 0 radical (unpaired) electrons. The second-order valence-corrected chi connectivity index (χ2v) is 4.95. The average molecular weight is 235 g/mol. The van der Waals surface area contributed by atoms with Gasteiger partial charge in [-0.1, -0.05) is 30.3 Å². The van der Waals surface area contributed by atoms with Gasteiger partial charge in [0.1, 0.15) is 0 Å². The minimum atomic E-state index is 1.20. The summed E-state index contributed by atoms with van der Waals surface area (Å²) in [6.07, 6.45) is 2.12. The number of rotatable bonds is 1. The van der Waals surface area contributed by atoms with Crippen LogP contribution in [0.5, 0.6) is 0 Å². The molecule has 0 aliphatic heterocycles. The summed E-state index contributed by atoms with van der Waals surface area (Å²) < 4.78 is 0. The summed E-state index contributed by atoms with van der Waals surface area (Å²) in [5, 5.41) is 1.30. The quantitative estimate of drug-likeness (QED) is 0.626. The van der Waals surface area contributed by atoms with Gasteiger partial charge in [0.15, 0.2) is 0 Å². The zero-order valence-corrected chi connectivity index (χ0v) is 11.0. The summed E-state index contributed by atoms with van der Waals surface area (Å²) in [4.78, 5) is 3.36. The van der Waals surface area contributed by atoms with E-state index < -0.39 is 0 Å². The molecule has 0 aliphatic rings. The molecular formula is C17H17N. The fourth-order valence-electron chi connectivity index (χ4n) is 2.64. The molecule has 0 unspecified atom stereocenters. The standard InChI is InChI=1S/C17H17N/c1-11-8-9-12(2)17(13(11)3)15-10-18-16-7-5-4-6-14(15)16/h4-10,18H,1-3H3. The number of hydrogen-bond acceptors (Lipinski definition) is 0. The molecule has 1 heteroatoms. The molecule has 0 saturated carbocycles. The highest BCUT2D eigenvalue weighted by Gasteiger charge is 2.11. The van der Waals surface area contributed by atoms with Gasteiger partial charge in [0.2, 0.25) is 0 Å². The minimum Gasteiger partial charge on any atom is -0.361 e. The monoisotopic (exact) mass is 235 g/mol. The molecule has 0 saturated heterocycles. The van der Waals surface area contributed by atoms with Gasteiger partial charge in [0, 0.05) is 22.7 Å². The average Bonchev–Trinajstić information content (AvgIpc) is 2.79. The van der Waals surface area contributed by atoms with E-state index in [2.05, 4.69) is 68.4 Å². The number of nitrogens with one attached hydrogen (secondary N) is 1. The Morgan fingerprint density at radius 3 is 2.39 bits per heavy atom. The van der Waals surface area contributed by atoms with E-state index in [1.165, 1.54) is 38.7 Å². The molecule has 0 aliphatic carbocycles. The maximum atomic E-state index is 3.36. The Morgan fingerprint density at radius 1 is 0.833 bits per heavy atom. The van der Waals surface area contributed by atoms with Crippen LogP contribution in [0.4, 0.5) is 0 Å². The van der Waals surface area contributed by atoms with Crippen LogP contribution in [0.2, 0.25) is 0 Å². The van der Waals surface area contributed by atoms with E-state index in [1.54, 1.807) is 0 Å². The van der Waals surface area contributed by atoms with E-state index in [9.17, 15) is 0 Å². The molecule has 1 nitrogen and oxygen atoms in total. The summed E-state index contributed by atoms with van der Waals surface area (Å²) >= 11 is 0. The highest BCUT2D eigenvalue weighted by molar-refractivity contribution is 5.97. The topological polar surface area (TPSA) is 15.8 Å². The molecule has 1 N–H and O–H groups in total. The number of para-hydroxylation sites is 1. The fourth-order valence-corrected chi connectivity index (χ4v) is 2.64. The van der Waals surface area contributed by atoms with Crippen LogP contribution in [-0.4, -0.2) is 4.98 Å². The number of fused-ring (bicyclic) bond motifs is 1. The van der Waals surface area contributed by atoms with Gasteiger partial charge in [0.25, 0.3) is 0 Å². The highest BCUT2D eigenvalue weighted by Crippen LogP contribution is 2.34. The SMILES string of the molecule is Cc1ccc(C)c(-c2c[nH]c3ccccc23)c1C. The van der Waals surface area contributed by atoms with Gasteiger partial charge in [-0.15, -0.1) is 0 Å². The van der Waals surface area contributed by atoms with Crippen molar-refractivity contribution in [1.29, 1.82) is 0 Å². The zero-order valence-electron chi connectivity index (χ0n) is 11.0. The number of aromatic nitrogens is 1. The molecule has 18 heavy (non-hydrogen) atoms. The predicted molar refractivity (Wildman–Crippen MR) is 77.9 cm³/mol. The van der Waals surface area contributed by atoms with Gasteiger partial charge in [-0.3, -0.25) is 0 Å². The summed E-state index contributed by atoms with van der Waals surface area (Å²) in [5.74, 6) is 0. The van der Waals surface area contributed by atoms with E-state index in [1.807, 2.05) is 0 Å². The maximum absolute atomic E-state index is 3.36. The van der Waals surface area contributed by atoms with E-state index in [0.717, 1.165) is 0 Å². The largest absolute Gasteiger partial charge is 0.361 e. The maximum Gasteiger partial charge on any atom is 0.0460 e. The second-order valence-electron chi connectivity index (χ2n) is 4.95. The number of benzene rings is 2. The summed E-state index contributed by atoms with van der Waals surface area (Å²) in [6.45, 7) is 6.57. The van der Waals surface area contributed by atoms with Crippen molar-refractivity contribution in [3.05, 3.63) is 59.3 Å². The third-order valence-corrected chi connectivity index (χ3v) is 3.80. The van der Waals surface area contributed by atoms with E-state index in [0.29, 0.717) is 0 Å². The number of hydrogen-bond donors (Lipinski definition) is 1. The van der Waals surface area contributed by atoms with Crippen LogP contribution >= 0.6 is 0 Å². The van der Waals surface area contributed by atoms with Crippen molar-refractivity contribution >= 4 is 10.9 Å². The van der Waals surface area contributed by atoms with E-state index in [-0.39, 0.29) is 0 Å². The van der Waals surface area contributed by atoms with E-state index >= 15 is 0 Å². The van der Waals surface area contributed by atoms with Gasteiger partial charge < -0.3 is 4.98 Å². The molecule has 1 heterocycles. The Hall–Kier alpha value is -2.02. The molecule has 0 spiro atoms. The third kappa shape index (κ3) is 1.55. The van der Waals surface area contributed by atoms with Gasteiger partial charge in [-0.05, 0) is 49.1 Å². The Labute approximate surface area is 107 Å². The molecule has 0 atom stereocenters. The lowest BCUT2D eigenvalue weighted by molar-refractivity contribution is 1.30. The second kappa shape index (κ2) is 4.02. The number of aryl methyl sites for hydroxylation is 2. The molecular weight excluding hydrogens is 218 g/mol. The lowest BCUT2D eigenvalue weighted by Gasteiger charge is -2.11. The van der Waals surface area contributed by atoms with E-state index in [4.69, 9.17) is 0 Å². The Morgan fingerprint density at radius 2 is 1.56 bits per heavy atom. The van der Waals surface area contributed by atoms with Gasteiger partial charge in [0.05, 0.1) is 0 Å². The summed E-state index contributed by atoms with van der Waals surface area (Å²) in [6, 6.07) is 12.9. The Balaban J connectivity index is 2.36. The first kappa shape index (κ1) is 11.1. The van der Waals surface area contributed by atoms with Crippen LogP contribution in [0.25, 0.3) is 22.0 Å². The fraction of sp³-hybridized carbons (Fsp3) is 0.176. The van der Waals surface area contributed by atoms with Crippen LogP contribution in [0.1, 0.15) is 16.7 Å². The van der Waals surface area contributed by atoms with Crippen LogP contribution in [0, 0.1) is 20.8 Å². The minimum absolute atomic E-state index is 1.20. The third-order valence-electron chi connectivity index (χ3n) is 3.80. The molecule has 0 fully saturated rings. The van der Waals surface area contributed by atoms with Gasteiger partial charge in [-0.25, -0.2) is 0 Å². The van der Waals surface area contributed by atoms with Crippen molar-refractivity contribution in [1.82, 2.24) is 4.98 Å². The van der Waals surface area contributed by atoms with Gasteiger partial charge in [-0.2, -0.15) is 0 Å². The van der Waals surface area contributed by atoms with Crippen molar-refractivity contribution < 1.29 is 0 Å². The van der Waals surface area contributed by atoms with Crippen molar-refractivity contribution in [3.8, 4) is 11.1 Å². The first-order chi connectivity index (χ1) is 8.68. The predicted octanol–water partition coefficient (Wildman–Crippen LogP) is 4.76. The number of H-pyrrole nitrogens is 1. The van der Waals surface area contributed by atoms with Crippen molar-refractivity contribution in [2.24, 2.45) is 0 Å². The lowest BCUT2D eigenvalue weighted by Crippen LogP contribution is -1.90. The Bertz CT molecular complexity index is 720. The normalized spacial score (nSPS) is 11.1. The van der Waals surface area contributed by atoms with Crippen LogP contribution in [-0.2, 0) is 0 Å². The summed E-state index contributed by atoms with van der Waals surface area (Å²) in [5.41, 5.74) is 7.94. The molecule has 3 aromatic rings. The molecule has 1 aromatic heterocycles. The van der Waals surface area contributed by atoms with Crippen molar-refractivity contribution in [3.63, 3.8) is 0 Å². The molecule has 0 bridgehead atoms. The molecule has 90 valence electrons. The Kier molecular flexibility index (Phi) is 2.48. The zero-order chi connectivity index (χ0) is 12.7. The first-order valence-corrected chi connectivity index (χ1v) is 6.32. The smallest absolute Gasteiger partial charge is 0.0460 e. The van der Waals surface area contributed by atoms with Crippen molar-refractivity contribution in [2.75, 3.05) is 0 Å². The number of aromatic amines is 1. The molecule has 0 amide bonds. The van der Waals surface area contributed by atoms with Crippen LogP contribution in [0.3, 0.4) is 0 Å². The van der Waals surface area contributed by atoms with Crippen LogP contribution < -0.4 is 0 Å². The molecule has 2 aromatic carbocycles. The van der Waals surface area contributed by atoms with Gasteiger partial charge >= 0.3 is 0 Å².